The Labute approximate surface area is 90.5 Å². The van der Waals surface area contributed by atoms with E-state index in [0.717, 1.165) is 12.8 Å². The van der Waals surface area contributed by atoms with E-state index >= 15 is 0 Å². The average molecular weight is 210 g/mol. The average Bonchev–Trinajstić information content (AvgIpc) is 2.23. The zero-order valence-corrected chi connectivity index (χ0v) is 9.56. The van der Waals surface area contributed by atoms with Gasteiger partial charge in [-0.3, -0.25) is 0 Å². The lowest BCUT2D eigenvalue weighted by molar-refractivity contribution is 0.317. The molecular formula is C11H18N2O2. The molecule has 0 amide bonds. The first kappa shape index (κ1) is 13.8. The SMILES string of the molecule is CC(CCCN=C=O)C(C)C(C)N=C=O. The fraction of sp³-hybridized carbons (Fsp3) is 0.818. The number of carbonyl (C=O) groups excluding carboxylic acids is 2. The highest BCUT2D eigenvalue weighted by molar-refractivity contribution is 5.33. The highest BCUT2D eigenvalue weighted by atomic mass is 16.1. The lowest BCUT2D eigenvalue weighted by Gasteiger charge is -2.22. The maximum atomic E-state index is 10.1. The van der Waals surface area contributed by atoms with Gasteiger partial charge in [0.1, 0.15) is 0 Å². The van der Waals surface area contributed by atoms with Crippen molar-refractivity contribution in [3.8, 4) is 0 Å². The van der Waals surface area contributed by atoms with E-state index in [1.807, 2.05) is 6.92 Å². The summed E-state index contributed by atoms with van der Waals surface area (Å²) in [5.74, 6) is 0.797. The Morgan fingerprint density at radius 2 is 1.80 bits per heavy atom. The van der Waals surface area contributed by atoms with Crippen LogP contribution < -0.4 is 0 Å². The molecular weight excluding hydrogens is 192 g/mol. The molecule has 0 bridgehead atoms. The smallest absolute Gasteiger partial charge is 0.211 e. The second-order valence-corrected chi connectivity index (χ2v) is 3.91. The molecule has 0 fully saturated rings. The van der Waals surface area contributed by atoms with Crippen molar-refractivity contribution in [1.29, 1.82) is 0 Å². The molecule has 15 heavy (non-hydrogen) atoms. The van der Waals surface area contributed by atoms with Gasteiger partial charge in [-0.1, -0.05) is 13.8 Å². The van der Waals surface area contributed by atoms with Crippen LogP contribution in [-0.2, 0) is 9.59 Å². The lowest BCUT2D eigenvalue weighted by Crippen LogP contribution is -2.19. The van der Waals surface area contributed by atoms with Crippen LogP contribution >= 0.6 is 0 Å². The Kier molecular flexibility index (Phi) is 7.43. The molecule has 0 radical (unpaired) electrons. The highest BCUT2D eigenvalue weighted by Gasteiger charge is 2.17. The predicted molar refractivity (Wildman–Crippen MR) is 58.1 cm³/mol. The van der Waals surface area contributed by atoms with E-state index in [1.54, 1.807) is 6.08 Å². The first-order valence-corrected chi connectivity index (χ1v) is 5.24. The molecule has 4 nitrogen and oxygen atoms in total. The van der Waals surface area contributed by atoms with Crippen LogP contribution in [0.25, 0.3) is 0 Å². The van der Waals surface area contributed by atoms with Crippen molar-refractivity contribution in [1.82, 2.24) is 0 Å². The van der Waals surface area contributed by atoms with E-state index in [1.165, 1.54) is 6.08 Å². The molecule has 0 saturated carbocycles. The molecule has 0 aromatic carbocycles. The molecule has 84 valence electrons. The van der Waals surface area contributed by atoms with Crippen LogP contribution in [0.3, 0.4) is 0 Å². The monoisotopic (exact) mass is 210 g/mol. The Hall–Kier alpha value is -1.24. The second kappa shape index (κ2) is 8.10. The highest BCUT2D eigenvalue weighted by Crippen LogP contribution is 2.21. The van der Waals surface area contributed by atoms with Gasteiger partial charge in [-0.15, -0.1) is 0 Å². The maximum absolute atomic E-state index is 10.1. The fourth-order valence-electron chi connectivity index (χ4n) is 1.48. The van der Waals surface area contributed by atoms with Crippen molar-refractivity contribution in [2.24, 2.45) is 21.8 Å². The van der Waals surface area contributed by atoms with E-state index in [4.69, 9.17) is 0 Å². The van der Waals surface area contributed by atoms with Gasteiger partial charge in [0.15, 0.2) is 0 Å². The first-order chi connectivity index (χ1) is 7.13. The molecule has 0 spiro atoms. The zero-order chi connectivity index (χ0) is 11.7. The minimum absolute atomic E-state index is 0.00655. The molecule has 0 heterocycles. The maximum Gasteiger partial charge on any atom is 0.235 e. The van der Waals surface area contributed by atoms with Crippen molar-refractivity contribution in [2.45, 2.75) is 39.7 Å². The third-order valence-corrected chi connectivity index (χ3v) is 2.91. The van der Waals surface area contributed by atoms with Crippen LogP contribution in [-0.4, -0.2) is 24.7 Å². The molecule has 0 aromatic heterocycles. The van der Waals surface area contributed by atoms with E-state index in [0.29, 0.717) is 18.4 Å². The quantitative estimate of drug-likeness (QED) is 0.367. The van der Waals surface area contributed by atoms with Gasteiger partial charge < -0.3 is 0 Å². The Bertz CT molecular complexity index is 266. The summed E-state index contributed by atoms with van der Waals surface area (Å²) < 4.78 is 0. The number of rotatable bonds is 7. The van der Waals surface area contributed by atoms with Crippen LogP contribution in [0.15, 0.2) is 9.98 Å². The number of aliphatic imine (C=N–C) groups is 2. The van der Waals surface area contributed by atoms with Gasteiger partial charge in [0, 0.05) is 0 Å². The number of hydrogen-bond donors (Lipinski definition) is 0. The summed E-state index contributed by atoms with van der Waals surface area (Å²) in [6.07, 6.45) is 4.95. The van der Waals surface area contributed by atoms with Crippen molar-refractivity contribution < 1.29 is 9.59 Å². The molecule has 0 aliphatic rings. The van der Waals surface area contributed by atoms with Gasteiger partial charge in [-0.05, 0) is 31.6 Å². The van der Waals surface area contributed by atoms with E-state index in [2.05, 4.69) is 23.8 Å². The van der Waals surface area contributed by atoms with Gasteiger partial charge in [-0.25, -0.2) is 19.6 Å². The number of hydrogen-bond acceptors (Lipinski definition) is 4. The molecule has 0 N–H and O–H groups in total. The number of isocyanates is 2. The summed E-state index contributed by atoms with van der Waals surface area (Å²) in [5, 5.41) is 0. The third-order valence-electron chi connectivity index (χ3n) is 2.91. The third kappa shape index (κ3) is 5.95. The largest absolute Gasteiger partial charge is 0.235 e. The lowest BCUT2D eigenvalue weighted by atomic mass is 9.87. The Morgan fingerprint density at radius 3 is 2.33 bits per heavy atom. The Morgan fingerprint density at radius 1 is 1.13 bits per heavy atom. The zero-order valence-electron chi connectivity index (χ0n) is 9.56. The molecule has 3 atom stereocenters. The van der Waals surface area contributed by atoms with Crippen LogP contribution in [0.5, 0.6) is 0 Å². The van der Waals surface area contributed by atoms with E-state index in [-0.39, 0.29) is 6.04 Å². The summed E-state index contributed by atoms with van der Waals surface area (Å²) >= 11 is 0. The van der Waals surface area contributed by atoms with E-state index in [9.17, 15) is 9.59 Å². The van der Waals surface area contributed by atoms with E-state index < -0.39 is 0 Å². The van der Waals surface area contributed by atoms with Crippen LogP contribution in [0.4, 0.5) is 0 Å². The predicted octanol–water partition coefficient (Wildman–Crippen LogP) is 2.10. The molecule has 0 rings (SSSR count). The van der Waals surface area contributed by atoms with Crippen molar-refractivity contribution in [3.05, 3.63) is 0 Å². The fourth-order valence-corrected chi connectivity index (χ4v) is 1.48. The molecule has 4 heteroatoms. The van der Waals surface area contributed by atoms with Crippen LogP contribution in [0.1, 0.15) is 33.6 Å². The van der Waals surface area contributed by atoms with Gasteiger partial charge >= 0.3 is 0 Å². The van der Waals surface area contributed by atoms with Crippen molar-refractivity contribution >= 4 is 12.2 Å². The molecule has 3 unspecified atom stereocenters. The van der Waals surface area contributed by atoms with Crippen LogP contribution in [0, 0.1) is 11.8 Å². The standard InChI is InChI=1S/C11H18N2O2/c1-9(5-4-6-12-7-14)10(2)11(3)13-8-15/h9-11H,4-6H2,1-3H3. The number of nitrogens with zero attached hydrogens (tertiary/aromatic N) is 2. The summed E-state index contributed by atoms with van der Waals surface area (Å²) in [6.45, 7) is 6.63. The summed E-state index contributed by atoms with van der Waals surface area (Å²) in [5.41, 5.74) is 0. The van der Waals surface area contributed by atoms with Crippen LogP contribution in [0.2, 0.25) is 0 Å². The molecule has 0 aliphatic heterocycles. The molecule has 0 aromatic rings. The van der Waals surface area contributed by atoms with Crippen molar-refractivity contribution in [2.75, 3.05) is 6.54 Å². The first-order valence-electron chi connectivity index (χ1n) is 5.24. The van der Waals surface area contributed by atoms with Gasteiger partial charge in [-0.2, -0.15) is 0 Å². The topological polar surface area (TPSA) is 58.9 Å². The van der Waals surface area contributed by atoms with Crippen molar-refractivity contribution in [3.63, 3.8) is 0 Å². The van der Waals surface area contributed by atoms with Gasteiger partial charge in [0.05, 0.1) is 12.6 Å². The van der Waals surface area contributed by atoms with Gasteiger partial charge in [0.25, 0.3) is 0 Å². The summed E-state index contributed by atoms with van der Waals surface area (Å²) in [6, 6.07) is 0.00655. The second-order valence-electron chi connectivity index (χ2n) is 3.91. The Balaban J connectivity index is 3.92. The normalized spacial score (nSPS) is 15.7. The molecule has 0 saturated heterocycles. The summed E-state index contributed by atoms with van der Waals surface area (Å²) in [4.78, 5) is 27.1. The minimum atomic E-state index is 0.00655. The van der Waals surface area contributed by atoms with Gasteiger partial charge in [0.2, 0.25) is 12.2 Å². The minimum Gasteiger partial charge on any atom is -0.211 e. The summed E-state index contributed by atoms with van der Waals surface area (Å²) in [7, 11) is 0. The molecule has 0 aliphatic carbocycles.